The van der Waals surface area contributed by atoms with E-state index in [0.29, 0.717) is 38.5 Å². The highest BCUT2D eigenvalue weighted by Gasteiger charge is 2.49. The lowest BCUT2D eigenvalue weighted by molar-refractivity contribution is -0.134. The topological polar surface area (TPSA) is 81.7 Å². The summed E-state index contributed by atoms with van der Waals surface area (Å²) >= 11 is 0. The molecule has 2 heterocycles. The third kappa shape index (κ3) is 4.31. The summed E-state index contributed by atoms with van der Waals surface area (Å²) in [6.07, 6.45) is 4.07. The van der Waals surface area contributed by atoms with E-state index in [-0.39, 0.29) is 23.7 Å². The van der Waals surface area contributed by atoms with Gasteiger partial charge in [-0.05, 0) is 36.8 Å². The summed E-state index contributed by atoms with van der Waals surface area (Å²) in [5, 5.41) is 2.93. The Hall–Kier alpha value is -3.16. The standard InChI is InChI=1S/C21H26N6O2/c1-25(2)16-6-4-15(5-7-16)24-19(28)17-14-18(17)20(29)26-10-12-27(13-11-26)21-22-8-3-9-23-21/h3-9,17-18H,10-14H2,1-2H3,(H,24,28). The third-order valence-electron chi connectivity index (χ3n) is 5.52. The monoisotopic (exact) mass is 394 g/mol. The number of piperazine rings is 1. The molecule has 29 heavy (non-hydrogen) atoms. The molecule has 0 bridgehead atoms. The molecule has 1 aromatic carbocycles. The summed E-state index contributed by atoms with van der Waals surface area (Å²) in [5.41, 5.74) is 1.83. The van der Waals surface area contributed by atoms with Gasteiger partial charge in [0.1, 0.15) is 0 Å². The number of amides is 2. The summed E-state index contributed by atoms with van der Waals surface area (Å²) < 4.78 is 0. The van der Waals surface area contributed by atoms with Gasteiger partial charge in [-0.25, -0.2) is 9.97 Å². The van der Waals surface area contributed by atoms with Crippen molar-refractivity contribution >= 4 is 29.1 Å². The SMILES string of the molecule is CN(C)c1ccc(NC(=O)C2CC2C(=O)N2CCN(c3ncccn3)CC2)cc1. The van der Waals surface area contributed by atoms with Crippen LogP contribution in [-0.2, 0) is 9.59 Å². The maximum Gasteiger partial charge on any atom is 0.228 e. The molecule has 8 heteroatoms. The number of hydrogen-bond acceptors (Lipinski definition) is 6. The predicted octanol–water partition coefficient (Wildman–Crippen LogP) is 1.47. The molecule has 2 amide bonds. The Morgan fingerprint density at radius 2 is 1.66 bits per heavy atom. The van der Waals surface area contributed by atoms with Gasteiger partial charge >= 0.3 is 0 Å². The van der Waals surface area contributed by atoms with Crippen LogP contribution in [-0.4, -0.2) is 67.0 Å². The van der Waals surface area contributed by atoms with Crippen LogP contribution in [0.5, 0.6) is 0 Å². The Labute approximate surface area is 170 Å². The molecule has 2 unspecified atom stereocenters. The summed E-state index contributed by atoms with van der Waals surface area (Å²) in [4.78, 5) is 39.8. The number of hydrogen-bond donors (Lipinski definition) is 1. The molecule has 1 saturated carbocycles. The van der Waals surface area contributed by atoms with Gasteiger partial charge in [0.2, 0.25) is 17.8 Å². The van der Waals surface area contributed by atoms with Crippen molar-refractivity contribution < 1.29 is 9.59 Å². The van der Waals surface area contributed by atoms with Crippen LogP contribution >= 0.6 is 0 Å². The van der Waals surface area contributed by atoms with E-state index in [0.717, 1.165) is 11.4 Å². The Balaban J connectivity index is 1.26. The number of carbonyl (C=O) groups is 2. The Bertz CT molecular complexity index is 862. The molecule has 4 rings (SSSR count). The zero-order chi connectivity index (χ0) is 20.4. The molecular weight excluding hydrogens is 368 g/mol. The minimum atomic E-state index is -0.230. The number of benzene rings is 1. The van der Waals surface area contributed by atoms with Crippen LogP contribution in [0, 0.1) is 11.8 Å². The van der Waals surface area contributed by atoms with Crippen molar-refractivity contribution in [3.8, 4) is 0 Å². The fourth-order valence-electron chi connectivity index (χ4n) is 3.65. The van der Waals surface area contributed by atoms with Crippen LogP contribution in [0.4, 0.5) is 17.3 Å². The van der Waals surface area contributed by atoms with E-state index in [9.17, 15) is 9.59 Å². The van der Waals surface area contributed by atoms with Gasteiger partial charge in [0.05, 0.1) is 11.8 Å². The van der Waals surface area contributed by atoms with Gasteiger partial charge in [-0.15, -0.1) is 0 Å². The average molecular weight is 394 g/mol. The number of aromatic nitrogens is 2. The first-order valence-corrected chi connectivity index (χ1v) is 9.92. The molecule has 0 radical (unpaired) electrons. The lowest BCUT2D eigenvalue weighted by atomic mass is 10.2. The normalized spacial score (nSPS) is 20.9. The molecule has 2 aromatic rings. The van der Waals surface area contributed by atoms with Crippen molar-refractivity contribution in [3.05, 3.63) is 42.7 Å². The number of rotatable bonds is 5. The van der Waals surface area contributed by atoms with E-state index in [1.165, 1.54) is 0 Å². The summed E-state index contributed by atoms with van der Waals surface area (Å²) in [6.45, 7) is 2.68. The summed E-state index contributed by atoms with van der Waals surface area (Å²) in [6, 6.07) is 9.48. The third-order valence-corrected chi connectivity index (χ3v) is 5.52. The van der Waals surface area contributed by atoms with Gasteiger partial charge in [0, 0.05) is 64.0 Å². The maximum absolute atomic E-state index is 12.8. The largest absolute Gasteiger partial charge is 0.378 e. The second-order valence-electron chi connectivity index (χ2n) is 7.74. The van der Waals surface area contributed by atoms with Crippen molar-refractivity contribution in [3.63, 3.8) is 0 Å². The molecule has 8 nitrogen and oxygen atoms in total. The summed E-state index contributed by atoms with van der Waals surface area (Å²) in [5.74, 6) is 0.282. The van der Waals surface area contributed by atoms with E-state index in [1.807, 2.05) is 48.2 Å². The summed E-state index contributed by atoms with van der Waals surface area (Å²) in [7, 11) is 3.95. The highest BCUT2D eigenvalue weighted by Crippen LogP contribution is 2.41. The molecule has 1 aromatic heterocycles. The first-order chi connectivity index (χ1) is 14.0. The van der Waals surface area contributed by atoms with Gasteiger partial charge in [-0.1, -0.05) is 0 Å². The average Bonchev–Trinajstić information content (AvgIpc) is 3.55. The second kappa shape index (κ2) is 8.06. The van der Waals surface area contributed by atoms with Gasteiger partial charge in [0.25, 0.3) is 0 Å². The smallest absolute Gasteiger partial charge is 0.228 e. The van der Waals surface area contributed by atoms with Crippen molar-refractivity contribution in [2.24, 2.45) is 11.8 Å². The highest BCUT2D eigenvalue weighted by atomic mass is 16.2. The van der Waals surface area contributed by atoms with Crippen LogP contribution in [0.2, 0.25) is 0 Å². The van der Waals surface area contributed by atoms with Crippen LogP contribution in [0.15, 0.2) is 42.7 Å². The van der Waals surface area contributed by atoms with Gasteiger partial charge in [-0.3, -0.25) is 9.59 Å². The van der Waals surface area contributed by atoms with Crippen LogP contribution in [0.1, 0.15) is 6.42 Å². The van der Waals surface area contributed by atoms with Crippen LogP contribution in [0.3, 0.4) is 0 Å². The zero-order valence-electron chi connectivity index (χ0n) is 16.8. The Morgan fingerprint density at radius 1 is 1.00 bits per heavy atom. The molecule has 2 fully saturated rings. The fraction of sp³-hybridized carbons (Fsp3) is 0.429. The number of nitrogens with zero attached hydrogens (tertiary/aromatic N) is 5. The number of carbonyl (C=O) groups excluding carboxylic acids is 2. The minimum Gasteiger partial charge on any atom is -0.378 e. The first kappa shape index (κ1) is 19.2. The van der Waals surface area contributed by atoms with Crippen molar-refractivity contribution in [2.75, 3.05) is 55.4 Å². The molecule has 1 saturated heterocycles. The lowest BCUT2D eigenvalue weighted by Crippen LogP contribution is -2.50. The quantitative estimate of drug-likeness (QED) is 0.827. The van der Waals surface area contributed by atoms with E-state index >= 15 is 0 Å². The fourth-order valence-corrected chi connectivity index (χ4v) is 3.65. The van der Waals surface area contributed by atoms with Gasteiger partial charge in [0.15, 0.2) is 0 Å². The van der Waals surface area contributed by atoms with Gasteiger partial charge < -0.3 is 20.0 Å². The van der Waals surface area contributed by atoms with E-state index in [4.69, 9.17) is 0 Å². The van der Waals surface area contributed by atoms with Crippen molar-refractivity contribution in [1.29, 1.82) is 0 Å². The van der Waals surface area contributed by atoms with E-state index in [1.54, 1.807) is 18.5 Å². The Kier molecular flexibility index (Phi) is 5.33. The van der Waals surface area contributed by atoms with E-state index in [2.05, 4.69) is 20.2 Å². The van der Waals surface area contributed by atoms with E-state index < -0.39 is 0 Å². The lowest BCUT2D eigenvalue weighted by Gasteiger charge is -2.34. The number of anilines is 3. The highest BCUT2D eigenvalue weighted by molar-refractivity contribution is 5.99. The minimum absolute atomic E-state index is 0.0720. The molecule has 1 N–H and O–H groups in total. The Morgan fingerprint density at radius 3 is 2.28 bits per heavy atom. The van der Waals surface area contributed by atoms with Crippen molar-refractivity contribution in [1.82, 2.24) is 14.9 Å². The molecule has 0 spiro atoms. The molecule has 1 aliphatic heterocycles. The number of nitrogens with one attached hydrogen (secondary N) is 1. The second-order valence-corrected chi connectivity index (χ2v) is 7.74. The predicted molar refractivity (Wildman–Crippen MR) is 112 cm³/mol. The first-order valence-electron chi connectivity index (χ1n) is 9.92. The molecular formula is C21H26N6O2. The van der Waals surface area contributed by atoms with Gasteiger partial charge in [-0.2, -0.15) is 0 Å². The molecule has 1 aliphatic carbocycles. The van der Waals surface area contributed by atoms with Crippen LogP contribution < -0.4 is 15.1 Å². The zero-order valence-corrected chi connectivity index (χ0v) is 16.8. The molecule has 2 aliphatic rings. The van der Waals surface area contributed by atoms with Crippen molar-refractivity contribution in [2.45, 2.75) is 6.42 Å². The maximum atomic E-state index is 12.8. The molecule has 2 atom stereocenters. The molecule has 152 valence electrons. The van der Waals surface area contributed by atoms with Crippen LogP contribution in [0.25, 0.3) is 0 Å².